The van der Waals surface area contributed by atoms with Crippen LogP contribution in [0.15, 0.2) is 204 Å². The van der Waals surface area contributed by atoms with Crippen molar-refractivity contribution in [1.82, 2.24) is 64.5 Å². The first kappa shape index (κ1) is 112. The highest BCUT2D eigenvalue weighted by Crippen LogP contribution is 2.47. The van der Waals surface area contributed by atoms with Gasteiger partial charge < -0.3 is 119 Å². The quantitative estimate of drug-likeness (QED) is 0.0171. The Bertz CT molecular complexity index is 7450. The van der Waals surface area contributed by atoms with E-state index < -0.39 is 43.7 Å². The third-order valence-corrected chi connectivity index (χ3v) is 36.3. The Balaban J connectivity index is 0.000000150. The van der Waals surface area contributed by atoms with Crippen LogP contribution in [0, 0.1) is 0 Å². The van der Waals surface area contributed by atoms with E-state index >= 15 is 0 Å². The number of halogens is 3. The molecule has 0 spiro atoms. The average molecular weight is 2240 g/mol. The molecule has 0 amide bonds. The number of likely N-dealkylation sites (tertiary alicyclic amines) is 1. The highest BCUT2D eigenvalue weighted by molar-refractivity contribution is 9.10. The van der Waals surface area contributed by atoms with Gasteiger partial charge in [0.25, 0.3) is 0 Å². The Morgan fingerprint density at radius 2 is 0.800 bits per heavy atom. The highest BCUT2D eigenvalue weighted by atomic mass is 79.9. The molecule has 0 saturated carbocycles. The molecule has 0 radical (unpaired) electrons. The van der Waals surface area contributed by atoms with Crippen molar-refractivity contribution in [2.75, 3.05) is 226 Å². The van der Waals surface area contributed by atoms with E-state index in [4.69, 9.17) is 51.9 Å². The number of hydrogen-bond donors (Lipinski definition) is 10. The lowest BCUT2D eigenvalue weighted by Gasteiger charge is -2.38. The second-order valence-corrected chi connectivity index (χ2v) is 56.3. The SMILES string of the molecule is COc1cc(N2CCC(N(C)C)CC2)ccc1Nc1ncc(Cl)c(Nc2ccccc2P(C)(C)=O)n1.COc1cc(N2CCC(N3CCCC3)CC2)ccc1Nc1ncc(Cl)c(Nc2ccc(P(C)(C)=O)cc2OC)n1.COc1cc(N2CCN(C(C)C)CC2)ccc1Nc1nc(Nc2ccccc2P(C)(C)=O)c2cc[nH]c2n1.COc1cc(P(C)(C)=O)ccc1Nc1nc(Nc2ccccc2S(=O)(=O)C(C)C)c2c(Br)c[nH]c2n1. The van der Waals surface area contributed by atoms with E-state index in [0.29, 0.717) is 137 Å². The van der Waals surface area contributed by atoms with Crippen LogP contribution in [0.25, 0.3) is 22.1 Å². The van der Waals surface area contributed by atoms with Gasteiger partial charge in [-0.05, 0) is 278 Å². The standard InChI is InChI=1S/C29H38ClN6O3P.C28H36N7O2P.C26H34ClN6O2P.C24H27BrN5O4PS/c1-38-26-17-21(36-15-11-20(12-16-36)35-13-5-6-14-35)7-9-25(26)33-29-31-19-23(30)28(34-29)32-24-10-8-22(40(3,4)37)18-27(24)39-2;1-19(2)34-14-16-35(17-15-34)20-10-11-22(24(18-20)37-3)31-28-32-26-21(12-13-29-26)27(33-28)30-23-8-6-7-9-25(23)38(4,5)36;1-32(2)18-12-14-33(15-13-18)19-10-11-21(23(16-19)35-3)30-26-28-17-20(27)25(31-26)29-22-8-6-7-9-24(22)36(4,5)34;1-14(2)36(32,33)20-9-7-6-8-18(20)27-23-21-16(25)13-26-22(21)29-24(30-23)28-17-11-10-15(35(4,5)31)12-19(17)34-3/h7-10,17-20H,5-6,11-16H2,1-4H3,(H2,31,32,33,34);6-13,18-19H,14-17H2,1-5H3,(H3,29,30,31,32,33);6-11,16-18H,12-15H2,1-5H3,(H2,28,29,30,31);6-14H,1-5H3,(H3,26,27,28,29,30). The lowest BCUT2D eigenvalue weighted by molar-refractivity contribution is 0.208. The Kier molecular flexibility index (Phi) is 36.6. The third kappa shape index (κ3) is 27.8. The number of nitrogens with one attached hydrogen (secondary N) is 10. The van der Waals surface area contributed by atoms with Crippen molar-refractivity contribution in [2.45, 2.75) is 94.5 Å². The fourth-order valence-corrected chi connectivity index (χ4v) is 24.3. The number of aromatic amines is 2. The lowest BCUT2D eigenvalue weighted by atomic mass is 10.0. The molecular weight excluding hydrogens is 2100 g/mol. The van der Waals surface area contributed by atoms with E-state index in [1.165, 1.54) is 58.3 Å². The van der Waals surface area contributed by atoms with Crippen LogP contribution in [0.1, 0.15) is 66.2 Å². The molecule has 10 N–H and O–H groups in total. The lowest BCUT2D eigenvalue weighted by Crippen LogP contribution is -2.48. The largest absolute Gasteiger partial charge is 0.495 e. The monoisotopic (exact) mass is 2240 g/mol. The smallest absolute Gasteiger partial charge is 0.231 e. The third-order valence-electron chi connectivity index (χ3n) is 26.8. The van der Waals surface area contributed by atoms with E-state index in [1.54, 1.807) is 150 Å². The van der Waals surface area contributed by atoms with Gasteiger partial charge in [0, 0.05) is 144 Å². The minimum atomic E-state index is -3.54. The predicted octanol–water partition coefficient (Wildman–Crippen LogP) is 22.2. The first-order valence-corrected chi connectivity index (χ1v) is 63.2. The molecule has 10 heterocycles. The number of sulfone groups is 1. The number of methoxy groups -OCH3 is 5. The summed E-state index contributed by atoms with van der Waals surface area (Å²) in [4.78, 5) is 57.7. The van der Waals surface area contributed by atoms with E-state index in [0.717, 1.165) is 137 Å². The van der Waals surface area contributed by atoms with Crippen LogP contribution in [0.3, 0.4) is 0 Å². The van der Waals surface area contributed by atoms with Gasteiger partial charge in [0.1, 0.15) is 90.3 Å². The molecule has 18 rings (SSSR count). The van der Waals surface area contributed by atoms with Crippen LogP contribution in [0.4, 0.5) is 110 Å². The van der Waals surface area contributed by atoms with Crippen molar-refractivity contribution < 1.29 is 50.4 Å². The molecular formula is C107H135BrCl2N24O11P4S. The molecule has 4 aliphatic rings. The number of benzene rings is 8. The van der Waals surface area contributed by atoms with Gasteiger partial charge in [-0.25, -0.2) is 18.4 Å². The summed E-state index contributed by atoms with van der Waals surface area (Å²) < 4.78 is 106. The average Bonchev–Trinajstić information content (AvgIpc) is 1.61. The number of ether oxygens (including phenoxy) is 5. The second-order valence-electron chi connectivity index (χ2n) is 39.4. The van der Waals surface area contributed by atoms with Crippen molar-refractivity contribution in [1.29, 1.82) is 0 Å². The van der Waals surface area contributed by atoms with Crippen LogP contribution in [-0.2, 0) is 28.1 Å². The zero-order valence-corrected chi connectivity index (χ0v) is 95.7. The topological polar surface area (TPSA) is 399 Å². The molecule has 35 nitrogen and oxygen atoms in total. The number of piperidine rings is 2. The molecule has 43 heteroatoms. The zero-order chi connectivity index (χ0) is 107. The van der Waals surface area contributed by atoms with Crippen LogP contribution < -0.4 is 102 Å². The molecule has 4 fully saturated rings. The van der Waals surface area contributed by atoms with Gasteiger partial charge in [-0.1, -0.05) is 59.6 Å². The number of para-hydroxylation sites is 3. The van der Waals surface area contributed by atoms with Crippen LogP contribution in [0.5, 0.6) is 28.7 Å². The van der Waals surface area contributed by atoms with Gasteiger partial charge in [0.15, 0.2) is 21.5 Å². The summed E-state index contributed by atoms with van der Waals surface area (Å²) in [6.07, 6.45) is 14.0. The number of piperazine rings is 1. The summed E-state index contributed by atoms with van der Waals surface area (Å²) in [6.45, 7) is 32.4. The highest BCUT2D eigenvalue weighted by Gasteiger charge is 2.32. The molecule has 796 valence electrons. The Morgan fingerprint density at radius 3 is 1.25 bits per heavy atom. The van der Waals surface area contributed by atoms with E-state index in [1.807, 2.05) is 97.2 Å². The van der Waals surface area contributed by atoms with E-state index in [-0.39, 0.29) is 10.8 Å². The summed E-state index contributed by atoms with van der Waals surface area (Å²) in [6, 6.07) is 54.9. The number of fused-ring (bicyclic) bond motifs is 2. The summed E-state index contributed by atoms with van der Waals surface area (Å²) in [5.74, 6) is 6.48. The maximum absolute atomic E-state index is 13.0. The molecule has 4 saturated heterocycles. The maximum Gasteiger partial charge on any atom is 0.231 e. The van der Waals surface area contributed by atoms with Gasteiger partial charge in [-0.15, -0.1) is 0 Å². The van der Waals surface area contributed by atoms with Gasteiger partial charge in [-0.3, -0.25) is 4.90 Å². The van der Waals surface area contributed by atoms with Crippen molar-refractivity contribution in [3.05, 3.63) is 209 Å². The van der Waals surface area contributed by atoms with Crippen LogP contribution in [-0.4, -0.2) is 265 Å². The van der Waals surface area contributed by atoms with Crippen molar-refractivity contribution >= 4 is 230 Å². The number of anilines is 19. The van der Waals surface area contributed by atoms with E-state index in [9.17, 15) is 26.7 Å². The van der Waals surface area contributed by atoms with Crippen molar-refractivity contribution in [3.63, 3.8) is 0 Å². The summed E-state index contributed by atoms with van der Waals surface area (Å²) in [7, 11) is -1.04. The molecule has 0 atom stereocenters. The van der Waals surface area contributed by atoms with Gasteiger partial charge >= 0.3 is 0 Å². The normalized spacial score (nSPS) is 14.6. The predicted molar refractivity (Wildman–Crippen MR) is 623 cm³/mol. The maximum atomic E-state index is 13.0. The molecule has 0 unspecified atom stereocenters. The number of hydrogen-bond acceptors (Lipinski definition) is 33. The molecule has 150 heavy (non-hydrogen) atoms. The summed E-state index contributed by atoms with van der Waals surface area (Å²) in [5, 5.41) is 30.7. The minimum Gasteiger partial charge on any atom is -0.495 e. The number of aromatic nitrogens is 10. The van der Waals surface area contributed by atoms with E-state index in [2.05, 4.69) is 191 Å². The Labute approximate surface area is 897 Å². The fraction of sp³-hybridized carbons (Fsp3) is 0.364. The fourth-order valence-electron chi connectivity index (χ4n) is 18.3. The summed E-state index contributed by atoms with van der Waals surface area (Å²) in [5.41, 5.74) is 10.1. The number of rotatable bonds is 33. The number of H-pyrrole nitrogens is 2. The molecule has 6 aromatic heterocycles. The van der Waals surface area contributed by atoms with Crippen molar-refractivity contribution in [2.24, 2.45) is 0 Å². The molecule has 8 aromatic carbocycles. The molecule has 0 bridgehead atoms. The molecule has 4 aliphatic heterocycles. The van der Waals surface area contributed by atoms with Crippen LogP contribution >= 0.6 is 67.7 Å². The van der Waals surface area contributed by atoms with Crippen LogP contribution in [0.2, 0.25) is 10.0 Å². The first-order chi connectivity index (χ1) is 71.5. The van der Waals surface area contributed by atoms with Gasteiger partial charge in [0.05, 0.1) is 114 Å². The second kappa shape index (κ2) is 49.0. The Morgan fingerprint density at radius 1 is 0.413 bits per heavy atom. The summed E-state index contributed by atoms with van der Waals surface area (Å²) >= 11 is 16.3. The van der Waals surface area contributed by atoms with Crippen molar-refractivity contribution in [3.8, 4) is 28.7 Å². The van der Waals surface area contributed by atoms with Gasteiger partial charge in [-0.2, -0.15) is 29.9 Å². The minimum absolute atomic E-state index is 0.189. The number of nitrogens with zero attached hydrogens (tertiary/aromatic N) is 14. The molecule has 14 aromatic rings. The van der Waals surface area contributed by atoms with Gasteiger partial charge in [0.2, 0.25) is 23.8 Å². The zero-order valence-electron chi connectivity index (χ0n) is 88.2. The first-order valence-electron chi connectivity index (χ1n) is 49.7. The molecule has 0 aliphatic carbocycles. The Hall–Kier alpha value is -12.2.